The molecule has 0 aliphatic carbocycles. The summed E-state index contributed by atoms with van der Waals surface area (Å²) < 4.78 is 0. The zero-order valence-corrected chi connectivity index (χ0v) is 11.5. The molecule has 0 bridgehead atoms. The number of rotatable bonds is 5. The Morgan fingerprint density at radius 2 is 1.75 bits per heavy atom. The molecular formula is C15H20N2O3. The summed E-state index contributed by atoms with van der Waals surface area (Å²) in [5.74, 6) is -1.40. The van der Waals surface area contributed by atoms with Gasteiger partial charge in [-0.25, -0.2) is 4.79 Å². The summed E-state index contributed by atoms with van der Waals surface area (Å²) in [5.41, 5.74) is 0.265. The lowest BCUT2D eigenvalue weighted by Gasteiger charge is -2.26. The van der Waals surface area contributed by atoms with Gasteiger partial charge in [-0.1, -0.05) is 18.6 Å². The molecule has 0 saturated carbocycles. The molecule has 1 amide bonds. The van der Waals surface area contributed by atoms with Gasteiger partial charge in [0.2, 0.25) is 0 Å². The molecule has 1 saturated heterocycles. The summed E-state index contributed by atoms with van der Waals surface area (Å²) in [6.45, 7) is 3.54. The Bertz CT molecular complexity index is 482. The highest BCUT2D eigenvalue weighted by atomic mass is 16.4. The first kappa shape index (κ1) is 14.5. The summed E-state index contributed by atoms with van der Waals surface area (Å²) in [7, 11) is 0. The summed E-state index contributed by atoms with van der Waals surface area (Å²) in [4.78, 5) is 25.4. The molecule has 0 aromatic heterocycles. The lowest BCUT2D eigenvalue weighted by atomic mass is 10.1. The van der Waals surface area contributed by atoms with Crippen molar-refractivity contribution in [1.82, 2.24) is 10.2 Å². The highest BCUT2D eigenvalue weighted by molar-refractivity contribution is 6.04. The first-order valence-electron chi connectivity index (χ1n) is 7.01. The van der Waals surface area contributed by atoms with Crippen LogP contribution in [0, 0.1) is 0 Å². The van der Waals surface area contributed by atoms with Crippen LogP contribution >= 0.6 is 0 Å². The van der Waals surface area contributed by atoms with Crippen LogP contribution in [0.15, 0.2) is 24.3 Å². The fourth-order valence-electron chi connectivity index (χ4n) is 2.47. The number of carboxylic acids is 1. The van der Waals surface area contributed by atoms with Gasteiger partial charge in [-0.15, -0.1) is 0 Å². The van der Waals surface area contributed by atoms with Crippen molar-refractivity contribution in [3.63, 3.8) is 0 Å². The Labute approximate surface area is 118 Å². The molecule has 0 unspecified atom stereocenters. The van der Waals surface area contributed by atoms with E-state index in [1.165, 1.54) is 25.3 Å². The third-order valence-electron chi connectivity index (χ3n) is 3.56. The van der Waals surface area contributed by atoms with Gasteiger partial charge in [-0.2, -0.15) is 0 Å². The summed E-state index contributed by atoms with van der Waals surface area (Å²) in [5, 5.41) is 11.9. The summed E-state index contributed by atoms with van der Waals surface area (Å²) >= 11 is 0. The Balaban J connectivity index is 1.87. The molecule has 1 aliphatic heterocycles. The van der Waals surface area contributed by atoms with Crippen LogP contribution in [0.1, 0.15) is 40.0 Å². The van der Waals surface area contributed by atoms with Gasteiger partial charge in [0.15, 0.2) is 0 Å². The Kier molecular flexibility index (Phi) is 5.12. The summed E-state index contributed by atoms with van der Waals surface area (Å²) in [6, 6.07) is 6.28. The number of carbonyl (C=O) groups excluding carboxylic acids is 1. The van der Waals surface area contributed by atoms with Crippen LogP contribution < -0.4 is 5.32 Å². The average Bonchev–Trinajstić information content (AvgIpc) is 2.48. The van der Waals surface area contributed by atoms with Crippen LogP contribution in [-0.4, -0.2) is 48.1 Å². The predicted octanol–water partition coefficient (Wildman–Crippen LogP) is 1.60. The molecule has 1 aromatic carbocycles. The Morgan fingerprint density at radius 3 is 2.40 bits per heavy atom. The molecule has 0 radical (unpaired) electrons. The van der Waals surface area contributed by atoms with Crippen molar-refractivity contribution in [3.8, 4) is 0 Å². The van der Waals surface area contributed by atoms with Crippen molar-refractivity contribution in [2.75, 3.05) is 26.2 Å². The molecule has 1 aromatic rings. The second-order valence-corrected chi connectivity index (χ2v) is 5.01. The second kappa shape index (κ2) is 7.05. The van der Waals surface area contributed by atoms with Gasteiger partial charge in [0.25, 0.3) is 5.91 Å². The molecule has 0 atom stereocenters. The fraction of sp³-hybridized carbons (Fsp3) is 0.467. The first-order valence-corrected chi connectivity index (χ1v) is 7.01. The molecule has 20 heavy (non-hydrogen) atoms. The van der Waals surface area contributed by atoms with Crippen molar-refractivity contribution >= 4 is 11.9 Å². The second-order valence-electron chi connectivity index (χ2n) is 5.01. The quantitative estimate of drug-likeness (QED) is 0.857. The standard InChI is InChI=1S/C15H20N2O3/c18-14(12-6-2-3-7-13(12)15(19)20)16-8-11-17-9-4-1-5-10-17/h2-3,6-7H,1,4-5,8-11H2,(H,16,18)(H,19,20). The maximum absolute atomic E-state index is 12.0. The minimum atomic E-state index is -1.08. The smallest absolute Gasteiger partial charge is 0.336 e. The van der Waals surface area contributed by atoms with E-state index in [-0.39, 0.29) is 17.0 Å². The van der Waals surface area contributed by atoms with E-state index in [0.717, 1.165) is 19.6 Å². The maximum atomic E-state index is 12.0. The normalized spacial score (nSPS) is 15.8. The summed E-state index contributed by atoms with van der Waals surface area (Å²) in [6.07, 6.45) is 3.72. The lowest BCUT2D eigenvalue weighted by Crippen LogP contribution is -2.38. The topological polar surface area (TPSA) is 69.6 Å². The van der Waals surface area contributed by atoms with E-state index in [2.05, 4.69) is 10.2 Å². The molecule has 2 rings (SSSR count). The zero-order valence-electron chi connectivity index (χ0n) is 11.5. The van der Waals surface area contributed by atoms with Gasteiger partial charge in [-0.05, 0) is 38.1 Å². The third kappa shape index (κ3) is 3.81. The number of benzene rings is 1. The van der Waals surface area contributed by atoms with Gasteiger partial charge in [-0.3, -0.25) is 4.79 Å². The van der Waals surface area contributed by atoms with E-state index >= 15 is 0 Å². The SMILES string of the molecule is O=C(O)c1ccccc1C(=O)NCCN1CCCCC1. The predicted molar refractivity (Wildman–Crippen MR) is 76.0 cm³/mol. The van der Waals surface area contributed by atoms with E-state index in [0.29, 0.717) is 6.54 Å². The molecule has 0 spiro atoms. The Morgan fingerprint density at radius 1 is 1.10 bits per heavy atom. The van der Waals surface area contributed by atoms with Crippen LogP contribution in [-0.2, 0) is 0 Å². The zero-order chi connectivity index (χ0) is 14.4. The number of aromatic carboxylic acids is 1. The van der Waals surface area contributed by atoms with E-state index in [1.54, 1.807) is 18.2 Å². The van der Waals surface area contributed by atoms with Crippen molar-refractivity contribution < 1.29 is 14.7 Å². The number of amides is 1. The van der Waals surface area contributed by atoms with E-state index < -0.39 is 5.97 Å². The van der Waals surface area contributed by atoms with Crippen molar-refractivity contribution in [3.05, 3.63) is 35.4 Å². The number of hydrogen-bond acceptors (Lipinski definition) is 3. The minimum Gasteiger partial charge on any atom is -0.478 e. The molecular weight excluding hydrogens is 256 g/mol. The molecule has 1 heterocycles. The van der Waals surface area contributed by atoms with Crippen LogP contribution in [0.5, 0.6) is 0 Å². The van der Waals surface area contributed by atoms with E-state index in [1.807, 2.05) is 0 Å². The van der Waals surface area contributed by atoms with Gasteiger partial charge in [0.1, 0.15) is 0 Å². The fourth-order valence-corrected chi connectivity index (χ4v) is 2.47. The molecule has 1 aliphatic rings. The lowest BCUT2D eigenvalue weighted by molar-refractivity contribution is 0.0691. The maximum Gasteiger partial charge on any atom is 0.336 e. The minimum absolute atomic E-state index is 0.0444. The van der Waals surface area contributed by atoms with Crippen molar-refractivity contribution in [2.24, 2.45) is 0 Å². The number of likely N-dealkylation sites (tertiary alicyclic amines) is 1. The van der Waals surface area contributed by atoms with Gasteiger partial charge in [0, 0.05) is 13.1 Å². The average molecular weight is 276 g/mol. The van der Waals surface area contributed by atoms with Gasteiger partial charge >= 0.3 is 5.97 Å². The van der Waals surface area contributed by atoms with Gasteiger partial charge < -0.3 is 15.3 Å². The highest BCUT2D eigenvalue weighted by Gasteiger charge is 2.16. The van der Waals surface area contributed by atoms with Crippen molar-refractivity contribution in [2.45, 2.75) is 19.3 Å². The number of carbonyl (C=O) groups is 2. The monoisotopic (exact) mass is 276 g/mol. The van der Waals surface area contributed by atoms with Crippen molar-refractivity contribution in [1.29, 1.82) is 0 Å². The van der Waals surface area contributed by atoms with E-state index in [9.17, 15) is 9.59 Å². The van der Waals surface area contributed by atoms with Crippen LogP contribution in [0.4, 0.5) is 0 Å². The molecule has 5 heteroatoms. The number of nitrogens with zero attached hydrogens (tertiary/aromatic N) is 1. The molecule has 5 nitrogen and oxygen atoms in total. The largest absolute Gasteiger partial charge is 0.478 e. The Hall–Kier alpha value is -1.88. The third-order valence-corrected chi connectivity index (χ3v) is 3.56. The number of carboxylic acid groups (broad SMARTS) is 1. The number of nitrogens with one attached hydrogen (secondary N) is 1. The van der Waals surface area contributed by atoms with Crippen LogP contribution in [0.2, 0.25) is 0 Å². The highest BCUT2D eigenvalue weighted by Crippen LogP contribution is 2.09. The van der Waals surface area contributed by atoms with Gasteiger partial charge in [0.05, 0.1) is 11.1 Å². The molecule has 2 N–H and O–H groups in total. The van der Waals surface area contributed by atoms with Crippen LogP contribution in [0.3, 0.4) is 0 Å². The first-order chi connectivity index (χ1) is 9.68. The number of hydrogen-bond donors (Lipinski definition) is 2. The van der Waals surface area contributed by atoms with E-state index in [4.69, 9.17) is 5.11 Å². The molecule has 1 fully saturated rings. The number of piperidine rings is 1. The molecule has 108 valence electrons. The van der Waals surface area contributed by atoms with Crippen LogP contribution in [0.25, 0.3) is 0 Å².